The number of carbonyl (C=O) groups is 2. The lowest BCUT2D eigenvalue weighted by Crippen LogP contribution is -2.30. The lowest BCUT2D eigenvalue weighted by molar-refractivity contribution is -0.147. The molecule has 0 N–H and O–H groups in total. The van der Waals surface area contributed by atoms with Crippen molar-refractivity contribution in [1.82, 2.24) is 4.90 Å². The maximum Gasteiger partial charge on any atom is 0.331 e. The number of benzene rings is 2. The molecule has 0 spiro atoms. The number of amides is 1. The van der Waals surface area contributed by atoms with Crippen LogP contribution in [0.3, 0.4) is 0 Å². The molecule has 1 amide bonds. The van der Waals surface area contributed by atoms with Crippen LogP contribution in [0.15, 0.2) is 53.9 Å². The molecular formula is C23H23NO4S. The molecule has 1 aromatic heterocycles. The minimum Gasteiger partial charge on any atom is -0.497 e. The van der Waals surface area contributed by atoms with E-state index < -0.39 is 5.97 Å². The first-order valence-corrected chi connectivity index (χ1v) is 10.0. The second kappa shape index (κ2) is 9.39. The summed E-state index contributed by atoms with van der Waals surface area (Å²) >= 11 is 1.55. The minimum atomic E-state index is -0.529. The number of rotatable bonds is 7. The summed E-state index contributed by atoms with van der Waals surface area (Å²) in [5, 5.41) is 4.11. The zero-order valence-electron chi connectivity index (χ0n) is 16.7. The van der Waals surface area contributed by atoms with Crippen molar-refractivity contribution < 1.29 is 19.1 Å². The van der Waals surface area contributed by atoms with E-state index in [9.17, 15) is 9.59 Å². The van der Waals surface area contributed by atoms with Crippen LogP contribution in [0.5, 0.6) is 5.75 Å². The molecule has 3 aromatic rings. The van der Waals surface area contributed by atoms with Gasteiger partial charge in [0.15, 0.2) is 6.61 Å². The first-order chi connectivity index (χ1) is 14.0. The molecule has 0 aliphatic carbocycles. The van der Waals surface area contributed by atoms with Crippen LogP contribution in [0.1, 0.15) is 16.0 Å². The van der Waals surface area contributed by atoms with Crippen LogP contribution in [0.2, 0.25) is 0 Å². The van der Waals surface area contributed by atoms with Crippen LogP contribution in [0, 0.1) is 6.92 Å². The highest BCUT2D eigenvalue weighted by molar-refractivity contribution is 7.11. The van der Waals surface area contributed by atoms with Gasteiger partial charge in [-0.15, -0.1) is 11.3 Å². The van der Waals surface area contributed by atoms with E-state index in [1.807, 2.05) is 54.8 Å². The number of ether oxygens (including phenoxy) is 2. The molecule has 0 aliphatic rings. The van der Waals surface area contributed by atoms with Gasteiger partial charge in [-0.2, -0.15) is 0 Å². The van der Waals surface area contributed by atoms with E-state index in [4.69, 9.17) is 9.47 Å². The second-order valence-corrected chi connectivity index (χ2v) is 7.65. The summed E-state index contributed by atoms with van der Waals surface area (Å²) in [6, 6.07) is 13.9. The Kier molecular flexibility index (Phi) is 6.67. The molecule has 0 saturated heterocycles. The Morgan fingerprint density at radius 3 is 2.59 bits per heavy atom. The smallest absolute Gasteiger partial charge is 0.331 e. The molecule has 0 atom stereocenters. The van der Waals surface area contributed by atoms with Crippen molar-refractivity contribution in [2.75, 3.05) is 20.8 Å². The third kappa shape index (κ3) is 5.45. The summed E-state index contributed by atoms with van der Waals surface area (Å²) in [7, 11) is 3.33. The summed E-state index contributed by atoms with van der Waals surface area (Å²) < 4.78 is 10.3. The number of carbonyl (C=O) groups excluding carboxylic acids is 2. The number of nitrogens with zero attached hydrogens (tertiary/aromatic N) is 1. The Hall–Kier alpha value is -3.12. The van der Waals surface area contributed by atoms with Gasteiger partial charge in [-0.25, -0.2) is 4.79 Å². The quantitative estimate of drug-likeness (QED) is 0.428. The number of hydrogen-bond acceptors (Lipinski definition) is 5. The van der Waals surface area contributed by atoms with Gasteiger partial charge in [0.05, 0.1) is 7.11 Å². The molecule has 29 heavy (non-hydrogen) atoms. The molecule has 1 heterocycles. The molecule has 2 aromatic carbocycles. The molecule has 6 heteroatoms. The molecule has 5 nitrogen and oxygen atoms in total. The van der Waals surface area contributed by atoms with Crippen LogP contribution in [-0.2, 0) is 20.9 Å². The number of fused-ring (bicyclic) bond motifs is 1. The molecule has 0 aliphatic heterocycles. The number of methoxy groups -OCH3 is 1. The zero-order chi connectivity index (χ0) is 20.8. The minimum absolute atomic E-state index is 0.256. The maximum atomic E-state index is 12.3. The van der Waals surface area contributed by atoms with Crippen molar-refractivity contribution in [3.05, 3.63) is 69.9 Å². The third-order valence-corrected chi connectivity index (χ3v) is 5.55. The third-order valence-electron chi connectivity index (χ3n) is 4.57. The lowest BCUT2D eigenvalue weighted by atomic mass is 10.1. The van der Waals surface area contributed by atoms with Gasteiger partial charge in [-0.3, -0.25) is 4.79 Å². The molecule has 0 unspecified atom stereocenters. The van der Waals surface area contributed by atoms with Gasteiger partial charge >= 0.3 is 5.97 Å². The fraction of sp³-hybridized carbons (Fsp3) is 0.217. The van der Waals surface area contributed by atoms with Crippen molar-refractivity contribution in [2.45, 2.75) is 13.5 Å². The molecule has 0 radical (unpaired) electrons. The van der Waals surface area contributed by atoms with Crippen molar-refractivity contribution in [2.24, 2.45) is 0 Å². The Labute approximate surface area is 174 Å². The van der Waals surface area contributed by atoms with E-state index in [0.717, 1.165) is 32.5 Å². The van der Waals surface area contributed by atoms with E-state index in [0.29, 0.717) is 6.54 Å². The summed E-state index contributed by atoms with van der Waals surface area (Å²) in [5.41, 5.74) is 2.10. The van der Waals surface area contributed by atoms with Crippen LogP contribution in [0.25, 0.3) is 16.8 Å². The molecular weight excluding hydrogens is 386 g/mol. The van der Waals surface area contributed by atoms with Crippen LogP contribution >= 0.6 is 11.3 Å². The molecule has 150 valence electrons. The van der Waals surface area contributed by atoms with Gasteiger partial charge in [-0.05, 0) is 64.5 Å². The van der Waals surface area contributed by atoms with E-state index >= 15 is 0 Å². The van der Waals surface area contributed by atoms with Crippen molar-refractivity contribution in [3.63, 3.8) is 0 Å². The largest absolute Gasteiger partial charge is 0.497 e. The topological polar surface area (TPSA) is 55.8 Å². The Bertz CT molecular complexity index is 1050. The van der Waals surface area contributed by atoms with Gasteiger partial charge < -0.3 is 14.4 Å². The van der Waals surface area contributed by atoms with Crippen LogP contribution in [0.4, 0.5) is 0 Å². The number of aryl methyl sites for hydroxylation is 1. The highest BCUT2D eigenvalue weighted by Gasteiger charge is 2.12. The van der Waals surface area contributed by atoms with Gasteiger partial charge in [0.25, 0.3) is 5.91 Å². The lowest BCUT2D eigenvalue weighted by Gasteiger charge is -2.17. The van der Waals surface area contributed by atoms with Crippen molar-refractivity contribution in [1.29, 1.82) is 0 Å². The SMILES string of the molecule is COc1ccc2cc(CN(C)C(=O)COC(=O)/C=C/c3sccc3C)ccc2c1. The van der Waals surface area contributed by atoms with E-state index in [2.05, 4.69) is 0 Å². The fourth-order valence-corrected chi connectivity index (χ4v) is 3.67. The summed E-state index contributed by atoms with van der Waals surface area (Å²) in [6.45, 7) is 2.12. The summed E-state index contributed by atoms with van der Waals surface area (Å²) in [4.78, 5) is 26.7. The highest BCUT2D eigenvalue weighted by Crippen LogP contribution is 2.22. The fourth-order valence-electron chi connectivity index (χ4n) is 2.85. The predicted octanol–water partition coefficient (Wildman–Crippen LogP) is 4.43. The Balaban J connectivity index is 1.53. The van der Waals surface area contributed by atoms with Gasteiger partial charge in [0, 0.05) is 24.5 Å². The van der Waals surface area contributed by atoms with Gasteiger partial charge in [-0.1, -0.05) is 18.2 Å². The van der Waals surface area contributed by atoms with E-state index in [1.54, 1.807) is 36.5 Å². The maximum absolute atomic E-state index is 12.3. The average Bonchev–Trinajstić information content (AvgIpc) is 3.14. The van der Waals surface area contributed by atoms with Crippen LogP contribution in [-0.4, -0.2) is 37.5 Å². The Morgan fingerprint density at radius 1 is 1.10 bits per heavy atom. The summed E-state index contributed by atoms with van der Waals surface area (Å²) in [6.07, 6.45) is 3.06. The standard InChI is InChI=1S/C23H23NO4S/c1-16-10-11-29-21(16)8-9-23(26)28-15-22(25)24(2)14-17-4-5-19-13-20(27-3)7-6-18(19)12-17/h4-13H,14-15H2,1-3H3/b9-8+. The monoisotopic (exact) mass is 409 g/mol. The van der Waals surface area contributed by atoms with Gasteiger partial charge in [0.2, 0.25) is 0 Å². The predicted molar refractivity (Wildman–Crippen MR) is 116 cm³/mol. The van der Waals surface area contributed by atoms with E-state index in [1.165, 1.54) is 6.08 Å². The number of likely N-dealkylation sites (N-methyl/N-ethyl adjacent to an activating group) is 1. The molecule has 0 fully saturated rings. The first kappa shape index (κ1) is 20.6. The molecule has 0 saturated carbocycles. The number of esters is 1. The Morgan fingerprint density at radius 2 is 1.86 bits per heavy atom. The van der Waals surface area contributed by atoms with Gasteiger partial charge in [0.1, 0.15) is 5.75 Å². The number of hydrogen-bond donors (Lipinski definition) is 0. The highest BCUT2D eigenvalue weighted by atomic mass is 32.1. The molecule has 3 rings (SSSR count). The summed E-state index contributed by atoms with van der Waals surface area (Å²) in [5.74, 6) is 0.0238. The molecule has 0 bridgehead atoms. The van der Waals surface area contributed by atoms with E-state index in [-0.39, 0.29) is 12.5 Å². The van der Waals surface area contributed by atoms with Crippen molar-refractivity contribution in [3.8, 4) is 5.75 Å². The first-order valence-electron chi connectivity index (χ1n) is 9.16. The second-order valence-electron chi connectivity index (χ2n) is 6.71. The average molecular weight is 410 g/mol. The zero-order valence-corrected chi connectivity index (χ0v) is 17.5. The normalized spacial score (nSPS) is 11.0. The van der Waals surface area contributed by atoms with Crippen LogP contribution < -0.4 is 4.74 Å². The van der Waals surface area contributed by atoms with Crippen molar-refractivity contribution >= 4 is 40.1 Å². The number of thiophene rings is 1.